The van der Waals surface area contributed by atoms with Crippen LogP contribution in [0.1, 0.15) is 25.0 Å². The van der Waals surface area contributed by atoms with Crippen LogP contribution in [0, 0.1) is 0 Å². The summed E-state index contributed by atoms with van der Waals surface area (Å²) in [7, 11) is 0. The third kappa shape index (κ3) is 4.74. The van der Waals surface area contributed by atoms with Crippen molar-refractivity contribution < 1.29 is 4.42 Å². The molecule has 0 saturated heterocycles. The number of fused-ring (bicyclic) bond motifs is 11. The molecule has 0 aliphatic heterocycles. The monoisotopic (exact) mass is 742 g/mol. The average molecular weight is 743 g/mol. The van der Waals surface area contributed by atoms with Gasteiger partial charge in [-0.25, -0.2) is 0 Å². The van der Waals surface area contributed by atoms with E-state index in [1.54, 1.807) is 0 Å². The van der Waals surface area contributed by atoms with Gasteiger partial charge in [-0.05, 0) is 111 Å². The number of aromatic nitrogens is 1. The Morgan fingerprint density at radius 3 is 1.98 bits per heavy atom. The zero-order valence-electron chi connectivity index (χ0n) is 32.3. The molecule has 0 atom stereocenters. The maximum Gasteiger partial charge on any atom is 0.160 e. The molecule has 1 aliphatic carbocycles. The van der Waals surface area contributed by atoms with E-state index in [0.717, 1.165) is 44.7 Å². The number of benzene rings is 9. The summed E-state index contributed by atoms with van der Waals surface area (Å²) in [4.78, 5) is 2.40. The zero-order valence-corrected chi connectivity index (χ0v) is 32.3. The highest BCUT2D eigenvalue weighted by atomic mass is 16.3. The summed E-state index contributed by atoms with van der Waals surface area (Å²) in [5.74, 6) is 0. The predicted molar refractivity (Wildman–Crippen MR) is 243 cm³/mol. The molecule has 12 rings (SSSR count). The summed E-state index contributed by atoms with van der Waals surface area (Å²) in [6.07, 6.45) is 0. The van der Waals surface area contributed by atoms with Gasteiger partial charge >= 0.3 is 0 Å². The topological polar surface area (TPSA) is 21.3 Å². The molecule has 9 aromatic carbocycles. The van der Waals surface area contributed by atoms with Crippen LogP contribution >= 0.6 is 0 Å². The molecule has 3 heteroatoms. The second kappa shape index (κ2) is 12.3. The van der Waals surface area contributed by atoms with Crippen molar-refractivity contribution in [2.75, 3.05) is 4.90 Å². The number of para-hydroxylation sites is 3. The highest BCUT2D eigenvalue weighted by Crippen LogP contribution is 2.52. The Balaban J connectivity index is 1.05. The van der Waals surface area contributed by atoms with Gasteiger partial charge in [0.15, 0.2) is 5.58 Å². The van der Waals surface area contributed by atoms with Gasteiger partial charge in [-0.15, -0.1) is 0 Å². The molecule has 2 aromatic heterocycles. The van der Waals surface area contributed by atoms with E-state index in [-0.39, 0.29) is 5.41 Å². The van der Waals surface area contributed by atoms with Crippen LogP contribution in [-0.4, -0.2) is 4.57 Å². The Kier molecular flexibility index (Phi) is 6.98. The first kappa shape index (κ1) is 32.8. The first-order valence-electron chi connectivity index (χ1n) is 20.1. The van der Waals surface area contributed by atoms with Crippen LogP contribution in [0.15, 0.2) is 199 Å². The summed E-state index contributed by atoms with van der Waals surface area (Å²) in [6, 6.07) is 70.6. The molecule has 0 spiro atoms. The van der Waals surface area contributed by atoms with Gasteiger partial charge < -0.3 is 13.9 Å². The van der Waals surface area contributed by atoms with Gasteiger partial charge in [-0.2, -0.15) is 0 Å². The molecule has 0 N–H and O–H groups in total. The van der Waals surface area contributed by atoms with E-state index >= 15 is 0 Å². The van der Waals surface area contributed by atoms with Crippen LogP contribution in [-0.2, 0) is 5.41 Å². The second-order valence-corrected chi connectivity index (χ2v) is 16.1. The van der Waals surface area contributed by atoms with E-state index in [4.69, 9.17) is 4.42 Å². The first-order valence-corrected chi connectivity index (χ1v) is 20.1. The van der Waals surface area contributed by atoms with Gasteiger partial charge in [0.05, 0.1) is 16.7 Å². The molecule has 2 heterocycles. The molecule has 58 heavy (non-hydrogen) atoms. The molecule has 0 unspecified atom stereocenters. The van der Waals surface area contributed by atoms with Crippen LogP contribution in [0.2, 0.25) is 0 Å². The highest BCUT2D eigenvalue weighted by Gasteiger charge is 2.36. The normalized spacial score (nSPS) is 13.1. The van der Waals surface area contributed by atoms with Crippen molar-refractivity contribution >= 4 is 71.6 Å². The van der Waals surface area contributed by atoms with Crippen molar-refractivity contribution in [3.63, 3.8) is 0 Å². The lowest BCUT2D eigenvalue weighted by atomic mass is 9.82. The fraction of sp³-hybridized carbons (Fsp3) is 0.0545. The Hall–Kier alpha value is -7.36. The van der Waals surface area contributed by atoms with Gasteiger partial charge in [0, 0.05) is 44.0 Å². The van der Waals surface area contributed by atoms with Crippen LogP contribution in [0.3, 0.4) is 0 Å². The maximum atomic E-state index is 6.86. The SMILES string of the molecule is CC1(C)c2ccccc2-c2ccc(N(c3ccc(-c4ccc5c(c4)c4ccccc4n5-c4ccccc4)cc3)c3cc4ccccc4c4c3oc3ccccc34)cc21. The molecule has 3 nitrogen and oxygen atoms in total. The molecule has 1 aliphatic rings. The van der Waals surface area contributed by atoms with Crippen molar-refractivity contribution in [2.45, 2.75) is 19.3 Å². The van der Waals surface area contributed by atoms with E-state index in [9.17, 15) is 0 Å². The van der Waals surface area contributed by atoms with Gasteiger partial charge in [0.25, 0.3) is 0 Å². The van der Waals surface area contributed by atoms with E-state index in [1.165, 1.54) is 66.0 Å². The standard InChI is InChI=1S/C55H38N2O/c1-55(2)47-21-11-8-18-42(47)43-30-29-40(34-48(43)55)56(51-33-37-14-6-7-17-41(37)53-45-20-10-13-23-52(45)58-54(51)53)39-27-24-35(25-28-39)36-26-31-50-46(32-36)44-19-9-12-22-49(44)57(50)38-15-4-3-5-16-38/h3-34H,1-2H3. The van der Waals surface area contributed by atoms with Crippen molar-refractivity contribution in [1.82, 2.24) is 4.57 Å². The van der Waals surface area contributed by atoms with Gasteiger partial charge in [0.2, 0.25) is 0 Å². The second-order valence-electron chi connectivity index (χ2n) is 16.1. The zero-order chi connectivity index (χ0) is 38.5. The van der Waals surface area contributed by atoms with Crippen LogP contribution < -0.4 is 4.90 Å². The Bertz CT molecular complexity index is 3420. The third-order valence-corrected chi connectivity index (χ3v) is 12.6. The quantitative estimate of drug-likeness (QED) is 0.175. The number of rotatable bonds is 5. The minimum Gasteiger partial charge on any atom is -0.454 e. The van der Waals surface area contributed by atoms with Crippen molar-refractivity contribution in [3.05, 3.63) is 205 Å². The van der Waals surface area contributed by atoms with Crippen molar-refractivity contribution in [1.29, 1.82) is 0 Å². The van der Waals surface area contributed by atoms with Crippen LogP contribution in [0.25, 0.3) is 82.5 Å². The summed E-state index contributed by atoms with van der Waals surface area (Å²) < 4.78 is 9.23. The lowest BCUT2D eigenvalue weighted by Gasteiger charge is -2.28. The van der Waals surface area contributed by atoms with E-state index in [0.29, 0.717) is 0 Å². The molecule has 0 radical (unpaired) electrons. The minimum absolute atomic E-state index is 0.141. The average Bonchev–Trinajstić information content (AvgIpc) is 3.90. The summed E-state index contributed by atoms with van der Waals surface area (Å²) in [6.45, 7) is 4.70. The van der Waals surface area contributed by atoms with Gasteiger partial charge in [-0.1, -0.05) is 141 Å². The summed E-state index contributed by atoms with van der Waals surface area (Å²) >= 11 is 0. The van der Waals surface area contributed by atoms with Crippen molar-refractivity contribution in [3.8, 4) is 27.9 Å². The molecule has 0 amide bonds. The lowest BCUT2D eigenvalue weighted by Crippen LogP contribution is -2.16. The minimum atomic E-state index is -0.141. The Labute approximate surface area is 336 Å². The molecule has 0 saturated carbocycles. The first-order chi connectivity index (χ1) is 28.5. The molecular weight excluding hydrogens is 705 g/mol. The third-order valence-electron chi connectivity index (χ3n) is 12.6. The smallest absolute Gasteiger partial charge is 0.160 e. The van der Waals surface area contributed by atoms with E-state index in [2.05, 4.69) is 217 Å². The predicted octanol–water partition coefficient (Wildman–Crippen LogP) is 15.3. The number of hydrogen-bond acceptors (Lipinski definition) is 2. The van der Waals surface area contributed by atoms with E-state index < -0.39 is 0 Å². The highest BCUT2D eigenvalue weighted by molar-refractivity contribution is 6.23. The number of hydrogen-bond donors (Lipinski definition) is 0. The Morgan fingerprint density at radius 2 is 1.12 bits per heavy atom. The van der Waals surface area contributed by atoms with Crippen LogP contribution in [0.4, 0.5) is 17.1 Å². The number of anilines is 3. The molecular formula is C55H38N2O. The molecule has 274 valence electrons. The maximum absolute atomic E-state index is 6.86. The number of nitrogens with zero attached hydrogens (tertiary/aromatic N) is 2. The summed E-state index contributed by atoms with van der Waals surface area (Å²) in [5, 5.41) is 7.13. The fourth-order valence-corrected chi connectivity index (χ4v) is 9.79. The molecule has 11 aromatic rings. The summed E-state index contributed by atoms with van der Waals surface area (Å²) in [5.41, 5.74) is 16.0. The molecule has 0 fully saturated rings. The lowest BCUT2D eigenvalue weighted by molar-refractivity contribution is 0.660. The molecule has 0 bridgehead atoms. The largest absolute Gasteiger partial charge is 0.454 e. The fourth-order valence-electron chi connectivity index (χ4n) is 9.79. The van der Waals surface area contributed by atoms with E-state index in [1.807, 2.05) is 0 Å². The van der Waals surface area contributed by atoms with Crippen molar-refractivity contribution in [2.24, 2.45) is 0 Å². The van der Waals surface area contributed by atoms with Gasteiger partial charge in [0.1, 0.15) is 5.58 Å². The van der Waals surface area contributed by atoms with Crippen LogP contribution in [0.5, 0.6) is 0 Å². The Morgan fingerprint density at radius 1 is 0.466 bits per heavy atom. The number of furan rings is 1. The van der Waals surface area contributed by atoms with Gasteiger partial charge in [-0.3, -0.25) is 0 Å².